The van der Waals surface area contributed by atoms with E-state index in [1.165, 1.54) is 22.7 Å². The number of likely N-dealkylation sites (N-methyl/N-ethyl adjacent to an activating group) is 1. The first-order valence-electron chi connectivity index (χ1n) is 6.71. The van der Waals surface area contributed by atoms with Crippen LogP contribution in [0.2, 0.25) is 0 Å². The van der Waals surface area contributed by atoms with Crippen LogP contribution in [0.15, 0.2) is 40.8 Å². The first kappa shape index (κ1) is 14.3. The zero-order chi connectivity index (χ0) is 13.9. The van der Waals surface area contributed by atoms with Gasteiger partial charge in [0.15, 0.2) is 0 Å². The summed E-state index contributed by atoms with van der Waals surface area (Å²) in [6.07, 6.45) is 6.67. The predicted octanol–water partition coefficient (Wildman–Crippen LogP) is 3.12. The molecule has 4 heteroatoms. The Morgan fingerprint density at radius 2 is 1.84 bits per heavy atom. The van der Waals surface area contributed by atoms with Crippen LogP contribution in [0, 0.1) is 6.92 Å². The van der Waals surface area contributed by atoms with Gasteiger partial charge in [0.1, 0.15) is 0 Å². The van der Waals surface area contributed by atoms with E-state index in [-0.39, 0.29) is 0 Å². The van der Waals surface area contributed by atoms with Crippen molar-refractivity contribution >= 4 is 10.0 Å². The normalized spacial score (nSPS) is 16.5. The minimum Gasteiger partial charge on any atom is -0.207 e. The quantitative estimate of drug-likeness (QED) is 0.794. The summed E-state index contributed by atoms with van der Waals surface area (Å²) in [5.74, 6) is 0. The Kier molecular flexibility index (Phi) is 4.42. The number of nitrogens with zero attached hydrogens (tertiary/aromatic N) is 1. The molecule has 0 amide bonds. The van der Waals surface area contributed by atoms with E-state index in [2.05, 4.69) is 6.08 Å². The molecule has 0 radical (unpaired) electrons. The maximum absolute atomic E-state index is 12.4. The van der Waals surface area contributed by atoms with Gasteiger partial charge in [-0.25, -0.2) is 8.42 Å². The van der Waals surface area contributed by atoms with E-state index in [1.807, 2.05) is 19.1 Å². The van der Waals surface area contributed by atoms with Crippen molar-refractivity contribution in [2.75, 3.05) is 13.6 Å². The molecule has 0 saturated carbocycles. The fourth-order valence-electron chi connectivity index (χ4n) is 2.31. The first-order chi connectivity index (χ1) is 9.00. The zero-order valence-corrected chi connectivity index (χ0v) is 12.4. The summed E-state index contributed by atoms with van der Waals surface area (Å²) in [4.78, 5) is 0.372. The van der Waals surface area contributed by atoms with E-state index in [0.29, 0.717) is 11.4 Å². The molecule has 0 N–H and O–H groups in total. The van der Waals surface area contributed by atoms with Crippen LogP contribution in [0.1, 0.15) is 31.2 Å². The van der Waals surface area contributed by atoms with Crippen molar-refractivity contribution in [2.24, 2.45) is 0 Å². The van der Waals surface area contributed by atoms with Gasteiger partial charge in [-0.15, -0.1) is 0 Å². The van der Waals surface area contributed by atoms with Gasteiger partial charge in [0, 0.05) is 13.6 Å². The standard InChI is InChI=1S/C15H21NO2S/c1-13-8-10-15(11-9-13)19(17,18)16(2)12-14-6-4-3-5-7-14/h6,8-11H,3-5,7,12H2,1-2H3. The Morgan fingerprint density at radius 1 is 1.16 bits per heavy atom. The molecule has 0 fully saturated rings. The van der Waals surface area contributed by atoms with Gasteiger partial charge < -0.3 is 0 Å². The summed E-state index contributed by atoms with van der Waals surface area (Å²) in [5.41, 5.74) is 2.31. The Hall–Kier alpha value is -1.13. The zero-order valence-electron chi connectivity index (χ0n) is 11.6. The molecule has 19 heavy (non-hydrogen) atoms. The van der Waals surface area contributed by atoms with E-state index in [0.717, 1.165) is 18.4 Å². The highest BCUT2D eigenvalue weighted by Gasteiger charge is 2.21. The van der Waals surface area contributed by atoms with Gasteiger partial charge in [-0.3, -0.25) is 0 Å². The molecule has 0 unspecified atom stereocenters. The summed E-state index contributed by atoms with van der Waals surface area (Å²) < 4.78 is 26.3. The number of sulfonamides is 1. The molecule has 1 aliphatic carbocycles. The average molecular weight is 279 g/mol. The number of hydrogen-bond donors (Lipinski definition) is 0. The highest BCUT2D eigenvalue weighted by atomic mass is 32.2. The minimum atomic E-state index is -3.36. The molecule has 0 aliphatic heterocycles. The molecule has 1 aliphatic rings. The maximum atomic E-state index is 12.4. The van der Waals surface area contributed by atoms with Crippen LogP contribution in [-0.4, -0.2) is 26.3 Å². The summed E-state index contributed by atoms with van der Waals surface area (Å²) in [7, 11) is -1.71. The van der Waals surface area contributed by atoms with Gasteiger partial charge in [0.05, 0.1) is 4.90 Å². The van der Waals surface area contributed by atoms with Gasteiger partial charge in [-0.05, 0) is 44.7 Å². The summed E-state index contributed by atoms with van der Waals surface area (Å²) in [5, 5.41) is 0. The van der Waals surface area contributed by atoms with Gasteiger partial charge >= 0.3 is 0 Å². The number of benzene rings is 1. The highest BCUT2D eigenvalue weighted by Crippen LogP contribution is 2.21. The third-order valence-corrected chi connectivity index (χ3v) is 5.36. The lowest BCUT2D eigenvalue weighted by atomic mass is 10.00. The van der Waals surface area contributed by atoms with Gasteiger partial charge in [0.2, 0.25) is 10.0 Å². The first-order valence-corrected chi connectivity index (χ1v) is 8.15. The van der Waals surface area contributed by atoms with Crippen molar-refractivity contribution in [2.45, 2.75) is 37.5 Å². The van der Waals surface area contributed by atoms with Crippen LogP contribution < -0.4 is 0 Å². The second kappa shape index (κ2) is 5.88. The van der Waals surface area contributed by atoms with Gasteiger partial charge in [-0.2, -0.15) is 4.31 Å². The number of allylic oxidation sites excluding steroid dienone is 1. The Morgan fingerprint density at radius 3 is 2.42 bits per heavy atom. The van der Waals surface area contributed by atoms with E-state index in [1.54, 1.807) is 19.2 Å². The molecule has 0 saturated heterocycles. The lowest BCUT2D eigenvalue weighted by Crippen LogP contribution is -2.29. The third-order valence-electron chi connectivity index (χ3n) is 3.54. The molecule has 2 rings (SSSR count). The van der Waals surface area contributed by atoms with Crippen LogP contribution in [0.25, 0.3) is 0 Å². The maximum Gasteiger partial charge on any atom is 0.243 e. The van der Waals surface area contributed by atoms with Crippen molar-refractivity contribution < 1.29 is 8.42 Å². The molecular formula is C15H21NO2S. The van der Waals surface area contributed by atoms with Gasteiger partial charge in [0.25, 0.3) is 0 Å². The number of hydrogen-bond acceptors (Lipinski definition) is 2. The fourth-order valence-corrected chi connectivity index (χ4v) is 3.49. The van der Waals surface area contributed by atoms with E-state index in [4.69, 9.17) is 0 Å². The third kappa shape index (κ3) is 3.45. The number of aryl methyl sites for hydroxylation is 1. The van der Waals surface area contributed by atoms with Crippen LogP contribution >= 0.6 is 0 Å². The van der Waals surface area contributed by atoms with Crippen molar-refractivity contribution in [3.63, 3.8) is 0 Å². The molecular weight excluding hydrogens is 258 g/mol. The monoisotopic (exact) mass is 279 g/mol. The van der Waals surface area contributed by atoms with Crippen molar-refractivity contribution in [3.05, 3.63) is 41.5 Å². The summed E-state index contributed by atoms with van der Waals surface area (Å²) in [6, 6.07) is 7.02. The largest absolute Gasteiger partial charge is 0.243 e. The van der Waals surface area contributed by atoms with E-state index >= 15 is 0 Å². The molecule has 3 nitrogen and oxygen atoms in total. The topological polar surface area (TPSA) is 37.4 Å². The van der Waals surface area contributed by atoms with Crippen LogP contribution in [0.5, 0.6) is 0 Å². The lowest BCUT2D eigenvalue weighted by Gasteiger charge is -2.21. The fraction of sp³-hybridized carbons (Fsp3) is 0.467. The number of rotatable bonds is 4. The van der Waals surface area contributed by atoms with Crippen LogP contribution in [0.4, 0.5) is 0 Å². The molecule has 1 aromatic carbocycles. The molecule has 0 atom stereocenters. The molecule has 0 bridgehead atoms. The average Bonchev–Trinajstić information content (AvgIpc) is 2.40. The van der Waals surface area contributed by atoms with Crippen molar-refractivity contribution in [1.29, 1.82) is 0 Å². The van der Waals surface area contributed by atoms with Crippen LogP contribution in [0.3, 0.4) is 0 Å². The second-order valence-electron chi connectivity index (χ2n) is 5.18. The highest BCUT2D eigenvalue weighted by molar-refractivity contribution is 7.89. The molecule has 0 aromatic heterocycles. The van der Waals surface area contributed by atoms with Crippen molar-refractivity contribution in [1.82, 2.24) is 4.31 Å². The summed E-state index contributed by atoms with van der Waals surface area (Å²) in [6.45, 7) is 2.46. The molecule has 0 spiro atoms. The van der Waals surface area contributed by atoms with Crippen molar-refractivity contribution in [3.8, 4) is 0 Å². The smallest absolute Gasteiger partial charge is 0.207 e. The Labute approximate surface area is 116 Å². The van der Waals surface area contributed by atoms with Gasteiger partial charge in [-0.1, -0.05) is 29.3 Å². The predicted molar refractivity (Wildman–Crippen MR) is 77.5 cm³/mol. The van der Waals surface area contributed by atoms with E-state index < -0.39 is 10.0 Å². The minimum absolute atomic E-state index is 0.372. The summed E-state index contributed by atoms with van der Waals surface area (Å²) >= 11 is 0. The molecule has 104 valence electrons. The Bertz CT molecular complexity index is 558. The lowest BCUT2D eigenvalue weighted by molar-refractivity contribution is 0.483. The molecule has 0 heterocycles. The molecule has 1 aromatic rings. The van der Waals surface area contributed by atoms with Crippen LogP contribution in [-0.2, 0) is 10.0 Å². The Balaban J connectivity index is 2.14. The SMILES string of the molecule is Cc1ccc(S(=O)(=O)N(C)CC2=CCCCC2)cc1. The second-order valence-corrected chi connectivity index (χ2v) is 7.23. The van der Waals surface area contributed by atoms with E-state index in [9.17, 15) is 8.42 Å².